The second-order valence-corrected chi connectivity index (χ2v) is 4.56. The van der Waals surface area contributed by atoms with Gasteiger partial charge in [-0.3, -0.25) is 4.79 Å². The van der Waals surface area contributed by atoms with Gasteiger partial charge in [-0.2, -0.15) is 0 Å². The zero-order valence-electron chi connectivity index (χ0n) is 11.2. The molecule has 0 bridgehead atoms. The molecule has 3 heteroatoms. The number of rotatable bonds is 4. The van der Waals surface area contributed by atoms with Crippen LogP contribution < -0.4 is 4.74 Å². The van der Waals surface area contributed by atoms with Gasteiger partial charge in [0.25, 0.3) is 0 Å². The molecule has 0 aliphatic heterocycles. The Kier molecular flexibility index (Phi) is 3.25. The number of hydrogen-bond acceptors (Lipinski definition) is 2. The van der Waals surface area contributed by atoms with Crippen molar-refractivity contribution in [3.05, 3.63) is 65.9 Å². The molecule has 0 saturated heterocycles. The molecule has 0 atom stereocenters. The number of fused-ring (bicyclic) bond motifs is 1. The fraction of sp³-hybridized carbons (Fsp3) is 0.118. The molecular formula is C17H15NO2. The summed E-state index contributed by atoms with van der Waals surface area (Å²) < 4.78 is 5.38. The van der Waals surface area contributed by atoms with Gasteiger partial charge in [-0.25, -0.2) is 0 Å². The number of ether oxygens (including phenoxy) is 1. The molecular weight excluding hydrogens is 250 g/mol. The Bertz CT molecular complexity index is 708. The third-order valence-corrected chi connectivity index (χ3v) is 3.20. The number of aromatic amines is 1. The molecule has 0 aliphatic carbocycles. The van der Waals surface area contributed by atoms with Gasteiger partial charge in [-0.1, -0.05) is 18.2 Å². The van der Waals surface area contributed by atoms with Gasteiger partial charge in [0.05, 0.1) is 12.3 Å². The predicted molar refractivity (Wildman–Crippen MR) is 79.3 cm³/mol. The van der Waals surface area contributed by atoms with E-state index in [0.717, 1.165) is 16.7 Å². The molecule has 0 amide bonds. The van der Waals surface area contributed by atoms with Crippen molar-refractivity contribution >= 4 is 16.7 Å². The maximum atomic E-state index is 12.4. The number of para-hydroxylation sites is 1. The van der Waals surface area contributed by atoms with E-state index in [0.29, 0.717) is 17.9 Å². The minimum absolute atomic E-state index is 0.00996. The van der Waals surface area contributed by atoms with Crippen molar-refractivity contribution in [3.63, 3.8) is 0 Å². The molecule has 3 nitrogen and oxygen atoms in total. The molecule has 20 heavy (non-hydrogen) atoms. The average Bonchev–Trinajstić information content (AvgIpc) is 2.91. The lowest BCUT2D eigenvalue weighted by atomic mass is 10.1. The van der Waals surface area contributed by atoms with E-state index in [1.165, 1.54) is 0 Å². The Morgan fingerprint density at radius 1 is 1.10 bits per heavy atom. The lowest BCUT2D eigenvalue weighted by molar-refractivity contribution is 0.103. The highest BCUT2D eigenvalue weighted by atomic mass is 16.5. The van der Waals surface area contributed by atoms with Crippen molar-refractivity contribution in [3.8, 4) is 5.75 Å². The van der Waals surface area contributed by atoms with Gasteiger partial charge in [0.2, 0.25) is 5.78 Å². The Morgan fingerprint density at radius 3 is 2.55 bits per heavy atom. The van der Waals surface area contributed by atoms with E-state index < -0.39 is 0 Å². The molecule has 3 rings (SSSR count). The SMILES string of the molecule is CCOc1ccc(C(=O)c2cc3ccccc3[nH]2)cc1. The summed E-state index contributed by atoms with van der Waals surface area (Å²) in [6.07, 6.45) is 0. The predicted octanol–water partition coefficient (Wildman–Crippen LogP) is 3.80. The molecule has 1 heterocycles. The summed E-state index contributed by atoms with van der Waals surface area (Å²) in [5, 5.41) is 1.04. The molecule has 0 fully saturated rings. The number of aromatic nitrogens is 1. The fourth-order valence-electron chi connectivity index (χ4n) is 2.22. The summed E-state index contributed by atoms with van der Waals surface area (Å²) in [7, 11) is 0. The molecule has 1 aromatic heterocycles. The van der Waals surface area contributed by atoms with Crippen LogP contribution in [0.3, 0.4) is 0 Å². The van der Waals surface area contributed by atoms with E-state index >= 15 is 0 Å². The van der Waals surface area contributed by atoms with E-state index in [-0.39, 0.29) is 5.78 Å². The van der Waals surface area contributed by atoms with Crippen LogP contribution in [-0.2, 0) is 0 Å². The molecule has 0 unspecified atom stereocenters. The van der Waals surface area contributed by atoms with Crippen molar-refractivity contribution in [1.82, 2.24) is 4.98 Å². The standard InChI is InChI=1S/C17H15NO2/c1-2-20-14-9-7-12(8-10-14)17(19)16-11-13-5-3-4-6-15(13)18-16/h3-11,18H,2H2,1H3. The summed E-state index contributed by atoms with van der Waals surface area (Å²) in [5.74, 6) is 0.768. The smallest absolute Gasteiger partial charge is 0.209 e. The van der Waals surface area contributed by atoms with Gasteiger partial charge in [0.1, 0.15) is 5.75 Å². The second-order valence-electron chi connectivity index (χ2n) is 4.56. The van der Waals surface area contributed by atoms with Crippen molar-refractivity contribution in [2.24, 2.45) is 0 Å². The maximum absolute atomic E-state index is 12.4. The molecule has 3 aromatic rings. The van der Waals surface area contributed by atoms with Crippen LogP contribution in [0.4, 0.5) is 0 Å². The zero-order valence-corrected chi connectivity index (χ0v) is 11.2. The van der Waals surface area contributed by atoms with Crippen LogP contribution in [0.25, 0.3) is 10.9 Å². The van der Waals surface area contributed by atoms with E-state index in [9.17, 15) is 4.79 Å². The Balaban J connectivity index is 1.91. The van der Waals surface area contributed by atoms with Crippen molar-refractivity contribution < 1.29 is 9.53 Å². The van der Waals surface area contributed by atoms with Crippen LogP contribution in [-0.4, -0.2) is 17.4 Å². The van der Waals surface area contributed by atoms with Crippen molar-refractivity contribution in [2.45, 2.75) is 6.92 Å². The molecule has 0 saturated carbocycles. The lowest BCUT2D eigenvalue weighted by Crippen LogP contribution is -2.01. The van der Waals surface area contributed by atoms with Gasteiger partial charge in [-0.15, -0.1) is 0 Å². The molecule has 100 valence electrons. The van der Waals surface area contributed by atoms with Crippen LogP contribution in [0.15, 0.2) is 54.6 Å². The Labute approximate surface area is 117 Å². The second kappa shape index (κ2) is 5.21. The van der Waals surface area contributed by atoms with Crippen molar-refractivity contribution in [2.75, 3.05) is 6.61 Å². The quantitative estimate of drug-likeness (QED) is 0.729. The van der Waals surface area contributed by atoms with Gasteiger partial charge in [-0.05, 0) is 43.3 Å². The zero-order chi connectivity index (χ0) is 13.9. The van der Waals surface area contributed by atoms with E-state index in [4.69, 9.17) is 4.74 Å². The third kappa shape index (κ3) is 2.30. The number of ketones is 1. The van der Waals surface area contributed by atoms with Gasteiger partial charge in [0, 0.05) is 16.5 Å². The number of H-pyrrole nitrogens is 1. The van der Waals surface area contributed by atoms with Crippen LogP contribution >= 0.6 is 0 Å². The minimum atomic E-state index is -0.00996. The molecule has 0 radical (unpaired) electrons. The first-order chi connectivity index (χ1) is 9.78. The first-order valence-electron chi connectivity index (χ1n) is 6.63. The monoisotopic (exact) mass is 265 g/mol. The van der Waals surface area contributed by atoms with E-state index in [2.05, 4.69) is 4.98 Å². The summed E-state index contributed by atoms with van der Waals surface area (Å²) >= 11 is 0. The van der Waals surface area contributed by atoms with E-state index in [1.807, 2.05) is 49.4 Å². The normalized spacial score (nSPS) is 10.7. The van der Waals surface area contributed by atoms with Gasteiger partial charge in [0.15, 0.2) is 0 Å². The molecule has 1 N–H and O–H groups in total. The maximum Gasteiger partial charge on any atom is 0.209 e. The number of carbonyl (C=O) groups is 1. The summed E-state index contributed by atoms with van der Waals surface area (Å²) in [6.45, 7) is 2.55. The first kappa shape index (κ1) is 12.5. The van der Waals surface area contributed by atoms with Gasteiger partial charge < -0.3 is 9.72 Å². The summed E-state index contributed by atoms with van der Waals surface area (Å²) in [4.78, 5) is 15.6. The highest BCUT2D eigenvalue weighted by Crippen LogP contribution is 2.19. The van der Waals surface area contributed by atoms with Crippen LogP contribution in [0, 0.1) is 0 Å². The Morgan fingerprint density at radius 2 is 1.85 bits per heavy atom. The highest BCUT2D eigenvalue weighted by Gasteiger charge is 2.11. The summed E-state index contributed by atoms with van der Waals surface area (Å²) in [6, 6.07) is 17.0. The minimum Gasteiger partial charge on any atom is -0.494 e. The fourth-order valence-corrected chi connectivity index (χ4v) is 2.22. The lowest BCUT2D eigenvalue weighted by Gasteiger charge is -2.03. The number of hydrogen-bond donors (Lipinski definition) is 1. The van der Waals surface area contributed by atoms with Crippen LogP contribution in [0.5, 0.6) is 5.75 Å². The average molecular weight is 265 g/mol. The van der Waals surface area contributed by atoms with Gasteiger partial charge >= 0.3 is 0 Å². The Hall–Kier alpha value is -2.55. The van der Waals surface area contributed by atoms with Crippen LogP contribution in [0.2, 0.25) is 0 Å². The largest absolute Gasteiger partial charge is 0.494 e. The molecule has 0 spiro atoms. The van der Waals surface area contributed by atoms with Crippen molar-refractivity contribution in [1.29, 1.82) is 0 Å². The molecule has 0 aliphatic rings. The highest BCUT2D eigenvalue weighted by molar-refractivity contribution is 6.10. The third-order valence-electron chi connectivity index (χ3n) is 3.20. The number of benzene rings is 2. The molecule has 2 aromatic carbocycles. The number of carbonyl (C=O) groups excluding carboxylic acids is 1. The van der Waals surface area contributed by atoms with Crippen LogP contribution in [0.1, 0.15) is 23.0 Å². The first-order valence-corrected chi connectivity index (χ1v) is 6.63. The summed E-state index contributed by atoms with van der Waals surface area (Å²) in [5.41, 5.74) is 2.23. The van der Waals surface area contributed by atoms with E-state index in [1.54, 1.807) is 12.1 Å². The topological polar surface area (TPSA) is 42.1 Å². The number of nitrogens with one attached hydrogen (secondary N) is 1.